The highest BCUT2D eigenvalue weighted by Crippen LogP contribution is 2.29. The minimum atomic E-state index is -0.357. The van der Waals surface area contributed by atoms with Crippen molar-refractivity contribution in [1.82, 2.24) is 5.48 Å². The Bertz CT molecular complexity index is 658. The Balaban J connectivity index is 2.01. The maximum Gasteiger partial charge on any atom is 0.256 e. The number of benzene rings is 2. The normalized spacial score (nSPS) is 12.0. The van der Waals surface area contributed by atoms with Crippen LogP contribution < -0.4 is 5.48 Å². The minimum absolute atomic E-state index is 0.253. The van der Waals surface area contributed by atoms with Crippen molar-refractivity contribution in [3.63, 3.8) is 0 Å². The van der Waals surface area contributed by atoms with Crippen molar-refractivity contribution in [3.8, 4) is 11.1 Å². The fourth-order valence-electron chi connectivity index (χ4n) is 2.60. The molecule has 1 unspecified atom stereocenters. The van der Waals surface area contributed by atoms with E-state index in [1.807, 2.05) is 24.3 Å². The number of thioether (sulfide) groups is 1. The quantitative estimate of drug-likeness (QED) is 0.271. The summed E-state index contributed by atoms with van der Waals surface area (Å²) in [5.74, 6) is -0.610. The molecule has 5 heteroatoms. The lowest BCUT2D eigenvalue weighted by molar-refractivity contribution is -0.128. The first-order chi connectivity index (χ1) is 12.1. The van der Waals surface area contributed by atoms with Gasteiger partial charge in [-0.25, -0.2) is 9.87 Å². The van der Waals surface area contributed by atoms with Crippen molar-refractivity contribution in [2.45, 2.75) is 49.2 Å². The second-order valence-corrected chi connectivity index (χ2v) is 7.24. The molecule has 3 nitrogen and oxygen atoms in total. The second kappa shape index (κ2) is 10.2. The average Bonchev–Trinajstić information content (AvgIpc) is 2.65. The van der Waals surface area contributed by atoms with Gasteiger partial charge in [0.1, 0.15) is 5.82 Å². The third kappa shape index (κ3) is 6.18. The first-order valence-electron chi connectivity index (χ1n) is 8.60. The van der Waals surface area contributed by atoms with Gasteiger partial charge < -0.3 is 0 Å². The molecular formula is C20H24FNO2S. The van der Waals surface area contributed by atoms with Gasteiger partial charge in [0.15, 0.2) is 0 Å². The number of hydrogen-bond acceptors (Lipinski definition) is 3. The summed E-state index contributed by atoms with van der Waals surface area (Å²) in [6, 6.07) is 14.2. The van der Waals surface area contributed by atoms with Crippen molar-refractivity contribution >= 4 is 17.7 Å². The van der Waals surface area contributed by atoms with Crippen LogP contribution in [-0.4, -0.2) is 16.4 Å². The first kappa shape index (κ1) is 19.5. The Hall–Kier alpha value is -1.85. The standard InChI is InChI=1S/C20H24FNO2S/c1-2-3-4-5-6-19(20(23)22-24)25-18-13-9-16(10-14-18)15-7-11-17(21)12-8-15/h7-14,19,24H,2-6H2,1H3,(H,22,23). The predicted octanol–water partition coefficient (Wildman–Crippen LogP) is 5.43. The van der Waals surface area contributed by atoms with Crippen LogP contribution in [0.25, 0.3) is 11.1 Å². The fourth-order valence-corrected chi connectivity index (χ4v) is 3.67. The predicted molar refractivity (Wildman–Crippen MR) is 100 cm³/mol. The van der Waals surface area contributed by atoms with Crippen molar-refractivity contribution in [2.24, 2.45) is 0 Å². The molecule has 0 saturated carbocycles. The maximum absolute atomic E-state index is 13.0. The molecule has 2 rings (SSSR count). The molecule has 0 aliphatic heterocycles. The number of unbranched alkanes of at least 4 members (excludes halogenated alkanes) is 3. The number of carbonyl (C=O) groups excluding carboxylic acids is 1. The van der Waals surface area contributed by atoms with Gasteiger partial charge in [-0.15, -0.1) is 11.8 Å². The van der Waals surface area contributed by atoms with Crippen LogP contribution >= 0.6 is 11.8 Å². The largest absolute Gasteiger partial charge is 0.289 e. The molecule has 1 atom stereocenters. The van der Waals surface area contributed by atoms with E-state index in [0.29, 0.717) is 0 Å². The van der Waals surface area contributed by atoms with E-state index in [1.54, 1.807) is 17.6 Å². The zero-order valence-corrected chi connectivity index (χ0v) is 15.2. The molecule has 25 heavy (non-hydrogen) atoms. The van der Waals surface area contributed by atoms with Gasteiger partial charge in [0, 0.05) is 4.90 Å². The average molecular weight is 361 g/mol. The lowest BCUT2D eigenvalue weighted by atomic mass is 10.1. The summed E-state index contributed by atoms with van der Waals surface area (Å²) in [4.78, 5) is 12.9. The summed E-state index contributed by atoms with van der Waals surface area (Å²) >= 11 is 1.45. The van der Waals surface area contributed by atoms with Crippen molar-refractivity contribution in [3.05, 3.63) is 54.3 Å². The second-order valence-electron chi connectivity index (χ2n) is 5.96. The molecule has 0 heterocycles. The Morgan fingerprint density at radius 1 is 1.04 bits per heavy atom. The van der Waals surface area contributed by atoms with Crippen LogP contribution in [0.5, 0.6) is 0 Å². The molecule has 0 saturated heterocycles. The lowest BCUT2D eigenvalue weighted by Gasteiger charge is -2.14. The molecule has 1 amide bonds. The van der Waals surface area contributed by atoms with Gasteiger partial charge in [0.25, 0.3) is 5.91 Å². The molecule has 134 valence electrons. The summed E-state index contributed by atoms with van der Waals surface area (Å²) in [5, 5.41) is 8.65. The minimum Gasteiger partial charge on any atom is -0.289 e. The third-order valence-corrected chi connectivity index (χ3v) is 5.31. The van der Waals surface area contributed by atoms with Gasteiger partial charge in [-0.3, -0.25) is 10.0 Å². The Morgan fingerprint density at radius 2 is 1.64 bits per heavy atom. The molecule has 2 aromatic carbocycles. The molecule has 0 aliphatic rings. The first-order valence-corrected chi connectivity index (χ1v) is 9.48. The van der Waals surface area contributed by atoms with Gasteiger partial charge in [-0.2, -0.15) is 0 Å². The van der Waals surface area contributed by atoms with Crippen molar-refractivity contribution < 1.29 is 14.4 Å². The molecule has 0 aromatic heterocycles. The molecular weight excluding hydrogens is 337 g/mol. The number of nitrogens with one attached hydrogen (secondary N) is 1. The number of hydroxylamine groups is 1. The topological polar surface area (TPSA) is 49.3 Å². The summed E-state index contributed by atoms with van der Waals surface area (Å²) in [7, 11) is 0. The molecule has 0 spiro atoms. The SMILES string of the molecule is CCCCCCC(Sc1ccc(-c2ccc(F)cc2)cc1)C(=O)NO. The van der Waals surface area contributed by atoms with Crippen LogP contribution in [0.3, 0.4) is 0 Å². The number of rotatable bonds is 9. The Kier molecular flexibility index (Phi) is 7.95. The van der Waals surface area contributed by atoms with Gasteiger partial charge in [0.2, 0.25) is 0 Å². The van der Waals surface area contributed by atoms with E-state index in [0.717, 1.165) is 48.1 Å². The molecule has 0 fully saturated rings. The van der Waals surface area contributed by atoms with Crippen molar-refractivity contribution in [1.29, 1.82) is 0 Å². The summed E-state index contributed by atoms with van der Waals surface area (Å²) in [5.41, 5.74) is 3.72. The van der Waals surface area contributed by atoms with Crippen molar-refractivity contribution in [2.75, 3.05) is 0 Å². The van der Waals surface area contributed by atoms with E-state index in [-0.39, 0.29) is 17.0 Å². The molecule has 0 bridgehead atoms. The van der Waals surface area contributed by atoms with E-state index in [4.69, 9.17) is 5.21 Å². The van der Waals surface area contributed by atoms with Crippen LogP contribution in [0.4, 0.5) is 4.39 Å². The highest BCUT2D eigenvalue weighted by molar-refractivity contribution is 8.00. The van der Waals surface area contributed by atoms with Crippen LogP contribution in [0.2, 0.25) is 0 Å². The molecule has 2 aromatic rings. The highest BCUT2D eigenvalue weighted by Gasteiger charge is 2.19. The summed E-state index contributed by atoms with van der Waals surface area (Å²) < 4.78 is 13.0. The van der Waals surface area contributed by atoms with Crippen LogP contribution in [-0.2, 0) is 4.79 Å². The van der Waals surface area contributed by atoms with E-state index in [9.17, 15) is 9.18 Å². The van der Waals surface area contributed by atoms with E-state index < -0.39 is 0 Å². The monoisotopic (exact) mass is 361 g/mol. The number of halogens is 1. The molecule has 2 N–H and O–H groups in total. The van der Waals surface area contributed by atoms with Crippen LogP contribution in [0.15, 0.2) is 53.4 Å². The smallest absolute Gasteiger partial charge is 0.256 e. The fraction of sp³-hybridized carbons (Fsp3) is 0.350. The molecule has 0 aliphatic carbocycles. The zero-order chi connectivity index (χ0) is 18.1. The third-order valence-electron chi connectivity index (χ3n) is 4.03. The van der Waals surface area contributed by atoms with Gasteiger partial charge >= 0.3 is 0 Å². The van der Waals surface area contributed by atoms with E-state index in [2.05, 4.69) is 6.92 Å². The number of hydrogen-bond donors (Lipinski definition) is 2. The van der Waals surface area contributed by atoms with Gasteiger partial charge in [-0.05, 0) is 41.8 Å². The van der Waals surface area contributed by atoms with E-state index >= 15 is 0 Å². The van der Waals surface area contributed by atoms with Crippen LogP contribution in [0.1, 0.15) is 39.0 Å². The Morgan fingerprint density at radius 3 is 2.20 bits per heavy atom. The highest BCUT2D eigenvalue weighted by atomic mass is 32.2. The number of amides is 1. The van der Waals surface area contributed by atoms with Crippen LogP contribution in [0, 0.1) is 5.82 Å². The summed E-state index contributed by atoms with van der Waals surface area (Å²) in [6.45, 7) is 2.15. The lowest BCUT2D eigenvalue weighted by Crippen LogP contribution is -2.30. The summed E-state index contributed by atoms with van der Waals surface area (Å²) in [6.07, 6.45) is 5.10. The Labute approximate surface area is 152 Å². The zero-order valence-electron chi connectivity index (χ0n) is 14.4. The number of carbonyl (C=O) groups is 1. The van der Waals surface area contributed by atoms with Gasteiger partial charge in [-0.1, -0.05) is 56.9 Å². The molecule has 0 radical (unpaired) electrons. The van der Waals surface area contributed by atoms with Gasteiger partial charge in [0.05, 0.1) is 5.25 Å². The maximum atomic E-state index is 13.0. The van der Waals surface area contributed by atoms with E-state index in [1.165, 1.54) is 23.9 Å².